The van der Waals surface area contributed by atoms with Gasteiger partial charge in [0.1, 0.15) is 5.54 Å². The molecular formula is C18H32BN3O4. The van der Waals surface area contributed by atoms with Crippen molar-refractivity contribution >= 4 is 13.1 Å². The fourth-order valence-corrected chi connectivity index (χ4v) is 2.85. The van der Waals surface area contributed by atoms with Gasteiger partial charge in [0.15, 0.2) is 0 Å². The van der Waals surface area contributed by atoms with Crippen LogP contribution in [0, 0.1) is 0 Å². The minimum absolute atomic E-state index is 0.234. The lowest BCUT2D eigenvalue weighted by Gasteiger charge is -2.29. The summed E-state index contributed by atoms with van der Waals surface area (Å²) in [6.07, 6.45) is 1.99. The van der Waals surface area contributed by atoms with Gasteiger partial charge in [0.05, 0.1) is 0 Å². The monoisotopic (exact) mass is 365 g/mol. The lowest BCUT2D eigenvalue weighted by atomic mass is 9.81. The molecule has 1 unspecified atom stereocenters. The molecule has 0 spiro atoms. The Kier molecular flexibility index (Phi) is 10.5. The van der Waals surface area contributed by atoms with Crippen LogP contribution in [-0.4, -0.2) is 65.4 Å². The predicted octanol–water partition coefficient (Wildman–Crippen LogP) is 0.523. The normalized spacial score (nSPS) is 13.6. The molecule has 0 saturated heterocycles. The molecule has 0 radical (unpaired) electrons. The number of rotatable bonds is 14. The van der Waals surface area contributed by atoms with E-state index in [2.05, 4.69) is 22.3 Å². The van der Waals surface area contributed by atoms with E-state index in [0.717, 1.165) is 19.6 Å². The Morgan fingerprint density at radius 1 is 1.19 bits per heavy atom. The number of nitrogens with one attached hydrogen (secondary N) is 1. The van der Waals surface area contributed by atoms with Crippen LogP contribution in [0.3, 0.4) is 0 Å². The second-order valence-corrected chi connectivity index (χ2v) is 6.80. The van der Waals surface area contributed by atoms with Crippen LogP contribution < -0.4 is 11.1 Å². The summed E-state index contributed by atoms with van der Waals surface area (Å²) >= 11 is 0. The Hall–Kier alpha value is -1.45. The number of carbonyl (C=O) groups is 1. The molecule has 0 aromatic heterocycles. The number of unbranched alkanes of at least 4 members (excludes halogenated alkanes) is 1. The fraction of sp³-hybridized carbons (Fsp3) is 0.611. The average Bonchev–Trinajstić information content (AvgIpc) is 2.61. The van der Waals surface area contributed by atoms with Crippen LogP contribution in [0.5, 0.6) is 0 Å². The molecule has 0 fully saturated rings. The summed E-state index contributed by atoms with van der Waals surface area (Å²) in [4.78, 5) is 13.9. The van der Waals surface area contributed by atoms with E-state index in [9.17, 15) is 9.90 Å². The number of nitrogens with zero attached hydrogens (tertiary/aromatic N) is 1. The molecule has 0 heterocycles. The first-order valence-corrected chi connectivity index (χ1v) is 9.16. The molecule has 1 aromatic carbocycles. The third kappa shape index (κ3) is 8.78. The van der Waals surface area contributed by atoms with Crippen LogP contribution in [0.25, 0.3) is 0 Å². The smallest absolute Gasteiger partial charge is 0.451 e. The first kappa shape index (κ1) is 22.6. The van der Waals surface area contributed by atoms with Crippen molar-refractivity contribution < 1.29 is 19.9 Å². The Bertz CT molecular complexity index is 518. The molecule has 0 bridgehead atoms. The first-order chi connectivity index (χ1) is 12.4. The van der Waals surface area contributed by atoms with Gasteiger partial charge in [-0.2, -0.15) is 0 Å². The van der Waals surface area contributed by atoms with Gasteiger partial charge in [0.2, 0.25) is 0 Å². The van der Waals surface area contributed by atoms with Crippen LogP contribution >= 0.6 is 0 Å². The highest BCUT2D eigenvalue weighted by Crippen LogP contribution is 2.19. The number of hydrogen-bond donors (Lipinski definition) is 5. The topological polar surface area (TPSA) is 119 Å². The maximum Gasteiger partial charge on any atom is 0.451 e. The molecule has 146 valence electrons. The Morgan fingerprint density at radius 3 is 2.46 bits per heavy atom. The third-order valence-corrected chi connectivity index (χ3v) is 4.56. The van der Waals surface area contributed by atoms with Crippen molar-refractivity contribution in [2.24, 2.45) is 5.73 Å². The van der Waals surface area contributed by atoms with Crippen LogP contribution in [-0.2, 0) is 11.3 Å². The molecule has 0 aliphatic rings. The van der Waals surface area contributed by atoms with Gasteiger partial charge in [-0.05, 0) is 31.8 Å². The fourth-order valence-electron chi connectivity index (χ4n) is 2.85. The summed E-state index contributed by atoms with van der Waals surface area (Å²) in [5.41, 5.74) is 6.04. The first-order valence-electron chi connectivity index (χ1n) is 9.16. The summed E-state index contributed by atoms with van der Waals surface area (Å²) in [6.45, 7) is 2.95. The second-order valence-electron chi connectivity index (χ2n) is 6.80. The second kappa shape index (κ2) is 12.0. The molecule has 0 saturated carbocycles. The van der Waals surface area contributed by atoms with Crippen LogP contribution in [0.15, 0.2) is 30.3 Å². The minimum Gasteiger partial charge on any atom is -0.480 e. The number of likely N-dealkylation sites (N-methyl/N-ethyl adjacent to an activating group) is 1. The zero-order valence-corrected chi connectivity index (χ0v) is 15.6. The van der Waals surface area contributed by atoms with E-state index in [1.54, 1.807) is 0 Å². The quantitative estimate of drug-likeness (QED) is 0.241. The van der Waals surface area contributed by atoms with E-state index in [1.807, 2.05) is 25.2 Å². The highest BCUT2D eigenvalue weighted by atomic mass is 16.4. The van der Waals surface area contributed by atoms with Gasteiger partial charge in [-0.3, -0.25) is 9.69 Å². The zero-order valence-electron chi connectivity index (χ0n) is 15.6. The number of hydrogen-bond acceptors (Lipinski definition) is 6. The number of aliphatic carboxylic acids is 1. The highest BCUT2D eigenvalue weighted by Gasteiger charge is 2.33. The van der Waals surface area contributed by atoms with Crippen LogP contribution in [0.2, 0.25) is 6.32 Å². The SMILES string of the molecule is CNCCN(CCC(N)(CCCCB(O)O)C(=O)O)Cc1ccccc1. The van der Waals surface area contributed by atoms with E-state index in [-0.39, 0.29) is 6.32 Å². The molecule has 6 N–H and O–H groups in total. The van der Waals surface area contributed by atoms with Crippen LogP contribution in [0.1, 0.15) is 31.2 Å². The predicted molar refractivity (Wildman–Crippen MR) is 104 cm³/mol. The molecule has 7 nitrogen and oxygen atoms in total. The van der Waals surface area contributed by atoms with Crippen molar-refractivity contribution in [2.45, 2.75) is 44.1 Å². The molecule has 0 amide bonds. The van der Waals surface area contributed by atoms with Crippen LogP contribution in [0.4, 0.5) is 0 Å². The van der Waals surface area contributed by atoms with Gasteiger partial charge >= 0.3 is 13.1 Å². The number of nitrogens with two attached hydrogens (primary N) is 1. The third-order valence-electron chi connectivity index (χ3n) is 4.56. The van der Waals surface area contributed by atoms with Gasteiger partial charge in [0.25, 0.3) is 0 Å². The lowest BCUT2D eigenvalue weighted by molar-refractivity contribution is -0.144. The maximum atomic E-state index is 11.7. The molecule has 0 aliphatic heterocycles. The zero-order chi connectivity index (χ0) is 19.4. The van der Waals surface area contributed by atoms with Gasteiger partial charge < -0.3 is 26.2 Å². The number of carboxylic acid groups (broad SMARTS) is 1. The van der Waals surface area contributed by atoms with Crippen molar-refractivity contribution in [2.75, 3.05) is 26.7 Å². The molecule has 1 rings (SSSR count). The maximum absolute atomic E-state index is 11.7. The van der Waals surface area contributed by atoms with E-state index < -0.39 is 18.6 Å². The van der Waals surface area contributed by atoms with Gasteiger partial charge in [-0.1, -0.05) is 43.2 Å². The van der Waals surface area contributed by atoms with Crippen molar-refractivity contribution in [1.29, 1.82) is 0 Å². The Labute approximate surface area is 156 Å². The lowest BCUT2D eigenvalue weighted by Crippen LogP contribution is -2.50. The summed E-state index contributed by atoms with van der Waals surface area (Å²) < 4.78 is 0. The summed E-state index contributed by atoms with van der Waals surface area (Å²) in [5, 5.41) is 30.5. The van der Waals surface area contributed by atoms with Gasteiger partial charge in [0, 0.05) is 26.2 Å². The standard InChI is InChI=1S/C18H32BN3O4/c1-21-12-14-22(15-16-7-3-2-4-8-16)13-10-18(20,17(23)24)9-5-6-11-19(25)26/h2-4,7-8,21,25-26H,5-6,9-15,20H2,1H3,(H,23,24). The summed E-state index contributed by atoms with van der Waals surface area (Å²) in [7, 11) is 0.538. The van der Waals surface area contributed by atoms with Crippen molar-refractivity contribution in [3.8, 4) is 0 Å². The molecule has 26 heavy (non-hydrogen) atoms. The Balaban J connectivity index is 2.61. The summed E-state index contributed by atoms with van der Waals surface area (Å²) in [5.74, 6) is -1.00. The van der Waals surface area contributed by atoms with Crippen molar-refractivity contribution in [3.63, 3.8) is 0 Å². The van der Waals surface area contributed by atoms with Gasteiger partial charge in [-0.25, -0.2) is 0 Å². The number of benzene rings is 1. The molecular weight excluding hydrogens is 333 g/mol. The average molecular weight is 365 g/mol. The molecule has 0 aliphatic carbocycles. The van der Waals surface area contributed by atoms with E-state index >= 15 is 0 Å². The highest BCUT2D eigenvalue weighted by molar-refractivity contribution is 6.40. The molecule has 1 atom stereocenters. The van der Waals surface area contributed by atoms with E-state index in [0.29, 0.717) is 32.2 Å². The minimum atomic E-state index is -1.35. The van der Waals surface area contributed by atoms with E-state index in [4.69, 9.17) is 15.8 Å². The summed E-state index contributed by atoms with van der Waals surface area (Å²) in [6, 6.07) is 10.1. The molecule has 1 aromatic rings. The van der Waals surface area contributed by atoms with E-state index in [1.165, 1.54) is 5.56 Å². The van der Waals surface area contributed by atoms with Gasteiger partial charge in [-0.15, -0.1) is 0 Å². The van der Waals surface area contributed by atoms with Crippen molar-refractivity contribution in [1.82, 2.24) is 10.2 Å². The largest absolute Gasteiger partial charge is 0.480 e. The Morgan fingerprint density at radius 2 is 1.88 bits per heavy atom. The molecule has 8 heteroatoms. The number of carboxylic acids is 1. The van der Waals surface area contributed by atoms with Crippen molar-refractivity contribution in [3.05, 3.63) is 35.9 Å².